The van der Waals surface area contributed by atoms with Crippen molar-refractivity contribution in [1.29, 1.82) is 0 Å². The number of nitrogens with zero attached hydrogens (tertiary/aromatic N) is 2. The molecule has 0 N–H and O–H groups in total. The van der Waals surface area contributed by atoms with Crippen LogP contribution in [-0.4, -0.2) is 122 Å². The van der Waals surface area contributed by atoms with Crippen LogP contribution in [0.1, 0.15) is 156 Å². The Morgan fingerprint density at radius 2 is 0.679 bits per heavy atom. The second-order valence-corrected chi connectivity index (χ2v) is 22.4. The fraction of sp³-hybridized carbons (Fsp3) is 0.929. The maximum atomic E-state index is 12.6. The Morgan fingerprint density at radius 1 is 0.375 bits per heavy atom. The molecule has 0 rings (SSSR count). The van der Waals surface area contributed by atoms with Crippen LogP contribution in [0.2, 0.25) is 0 Å². The van der Waals surface area contributed by atoms with Crippen molar-refractivity contribution in [2.24, 2.45) is 0 Å². The number of esters is 3. The first kappa shape index (κ1) is 56.4. The molecule has 14 heteroatoms. The fourth-order valence-electron chi connectivity index (χ4n) is 5.50. The Hall–Kier alpha value is 0.430. The summed E-state index contributed by atoms with van der Waals surface area (Å²) in [5.41, 5.74) is 0. The summed E-state index contributed by atoms with van der Waals surface area (Å²) in [7, 11) is 13.0. The van der Waals surface area contributed by atoms with Crippen molar-refractivity contribution in [2.75, 3.05) is 94.1 Å². The number of unbranched alkanes of at least 4 members (excludes halogenated alkanes) is 15. The number of hydrogen-bond acceptors (Lipinski definition) is 14. The molecule has 332 valence electrons. The van der Waals surface area contributed by atoms with Crippen LogP contribution in [0.3, 0.4) is 0 Å². The van der Waals surface area contributed by atoms with Gasteiger partial charge in [0.25, 0.3) is 0 Å². The molecule has 0 aromatic rings. The molecule has 56 heavy (non-hydrogen) atoms. The summed E-state index contributed by atoms with van der Waals surface area (Å²) in [5, 5.41) is 0. The molecule has 0 heterocycles. The third kappa shape index (κ3) is 44.0. The van der Waals surface area contributed by atoms with Crippen LogP contribution in [0.15, 0.2) is 0 Å². The Morgan fingerprint density at radius 3 is 1.04 bits per heavy atom. The highest BCUT2D eigenvalue weighted by atomic mass is 33.1. The van der Waals surface area contributed by atoms with Gasteiger partial charge >= 0.3 is 17.9 Å². The molecule has 0 bridgehead atoms. The van der Waals surface area contributed by atoms with Gasteiger partial charge < -0.3 is 24.0 Å². The van der Waals surface area contributed by atoms with Crippen molar-refractivity contribution < 1.29 is 28.6 Å². The van der Waals surface area contributed by atoms with Gasteiger partial charge in [-0.15, -0.1) is 0 Å². The zero-order chi connectivity index (χ0) is 41.0. The highest BCUT2D eigenvalue weighted by Gasteiger charge is 2.14. The Balaban J connectivity index is 4.39. The quantitative estimate of drug-likeness (QED) is 0.0251. The molecular formula is C42H82N2O6S6. The minimum absolute atomic E-state index is 0.168. The number of rotatable bonds is 45. The highest BCUT2D eigenvalue weighted by molar-refractivity contribution is 8.77. The lowest BCUT2D eigenvalue weighted by molar-refractivity contribution is -0.144. The molecule has 0 aromatic carbocycles. The van der Waals surface area contributed by atoms with E-state index in [0.29, 0.717) is 59.0 Å². The highest BCUT2D eigenvalue weighted by Crippen LogP contribution is 2.24. The Kier molecular flexibility index (Phi) is 46.9. The van der Waals surface area contributed by atoms with Gasteiger partial charge in [0, 0.05) is 67.2 Å². The van der Waals surface area contributed by atoms with E-state index in [1.165, 1.54) is 116 Å². The third-order valence-electron chi connectivity index (χ3n) is 9.04. The fourth-order valence-corrected chi connectivity index (χ4v) is 11.4. The second kappa shape index (κ2) is 46.5. The third-order valence-corrected chi connectivity index (χ3v) is 16.4. The van der Waals surface area contributed by atoms with E-state index in [-0.39, 0.29) is 30.7 Å². The van der Waals surface area contributed by atoms with Crippen molar-refractivity contribution in [1.82, 2.24) is 9.80 Å². The summed E-state index contributed by atoms with van der Waals surface area (Å²) in [4.78, 5) is 41.8. The minimum Gasteiger partial charge on any atom is -0.465 e. The van der Waals surface area contributed by atoms with Crippen molar-refractivity contribution >= 4 is 82.7 Å². The topological polar surface area (TPSA) is 85.4 Å². The van der Waals surface area contributed by atoms with Gasteiger partial charge in [-0.3, -0.25) is 14.4 Å². The van der Waals surface area contributed by atoms with Gasteiger partial charge in [0.2, 0.25) is 0 Å². The van der Waals surface area contributed by atoms with Gasteiger partial charge in [0.05, 0.1) is 19.3 Å². The lowest BCUT2D eigenvalue weighted by atomic mass is 10.1. The summed E-state index contributed by atoms with van der Waals surface area (Å²) in [6, 6.07) is 0. The molecule has 0 unspecified atom stereocenters. The van der Waals surface area contributed by atoms with Crippen LogP contribution in [0, 0.1) is 0 Å². The van der Waals surface area contributed by atoms with Crippen LogP contribution in [0.4, 0.5) is 0 Å². The first-order chi connectivity index (χ1) is 27.4. The monoisotopic (exact) mass is 902 g/mol. The van der Waals surface area contributed by atoms with Gasteiger partial charge in [-0.05, 0) is 26.3 Å². The standard InChI is InChI=1S/C42H82N2O6S6/c1-5-8-11-14-17-20-34-51-54-37-31-48-40(45)23-26-43(4)29-30-44(27-24-41(46)49-32-38-55-52-35-21-18-15-12-9-6-2)28-25-42(47)50-33-39-56-53-36-22-19-16-13-10-7-3/h5-39H2,1-4H3. The maximum Gasteiger partial charge on any atom is 0.307 e. The molecule has 0 spiro atoms. The molecular weight excluding hydrogens is 821 g/mol. The van der Waals surface area contributed by atoms with Crippen LogP contribution in [0.5, 0.6) is 0 Å². The zero-order valence-electron chi connectivity index (χ0n) is 36.0. The molecule has 0 aliphatic heterocycles. The van der Waals surface area contributed by atoms with E-state index in [1.54, 1.807) is 32.4 Å². The van der Waals surface area contributed by atoms with Crippen LogP contribution >= 0.6 is 64.8 Å². The van der Waals surface area contributed by atoms with E-state index in [9.17, 15) is 14.4 Å². The minimum atomic E-state index is -0.204. The van der Waals surface area contributed by atoms with E-state index < -0.39 is 0 Å². The number of likely N-dealkylation sites (N-methyl/N-ethyl adjacent to an activating group) is 1. The molecule has 0 saturated heterocycles. The first-order valence-electron chi connectivity index (χ1n) is 22.0. The molecule has 0 aliphatic carbocycles. The zero-order valence-corrected chi connectivity index (χ0v) is 40.9. The summed E-state index contributed by atoms with van der Waals surface area (Å²) in [6.07, 6.45) is 24.5. The van der Waals surface area contributed by atoms with Gasteiger partial charge in [-0.2, -0.15) is 0 Å². The van der Waals surface area contributed by atoms with Gasteiger partial charge in [-0.1, -0.05) is 182 Å². The number of carbonyl (C=O) groups is 3. The van der Waals surface area contributed by atoms with E-state index in [0.717, 1.165) is 34.5 Å². The van der Waals surface area contributed by atoms with E-state index >= 15 is 0 Å². The van der Waals surface area contributed by atoms with E-state index in [2.05, 4.69) is 30.6 Å². The van der Waals surface area contributed by atoms with Gasteiger partial charge in [0.15, 0.2) is 0 Å². The van der Waals surface area contributed by atoms with Crippen LogP contribution in [-0.2, 0) is 28.6 Å². The average molecular weight is 904 g/mol. The van der Waals surface area contributed by atoms with Crippen molar-refractivity contribution in [3.05, 3.63) is 0 Å². The normalized spacial score (nSPS) is 11.5. The molecule has 0 radical (unpaired) electrons. The molecule has 0 saturated carbocycles. The predicted octanol–water partition coefficient (Wildman–Crippen LogP) is 12.2. The molecule has 0 atom stereocenters. The van der Waals surface area contributed by atoms with Crippen LogP contribution in [0.25, 0.3) is 0 Å². The lowest BCUT2D eigenvalue weighted by Crippen LogP contribution is -2.37. The summed E-state index contributed by atoms with van der Waals surface area (Å²) < 4.78 is 16.5. The smallest absolute Gasteiger partial charge is 0.307 e. The molecule has 0 aliphatic rings. The first-order valence-corrected chi connectivity index (χ1v) is 29.5. The summed E-state index contributed by atoms with van der Waals surface area (Å²) in [5.74, 6) is 5.27. The number of ether oxygens (including phenoxy) is 3. The van der Waals surface area contributed by atoms with Crippen molar-refractivity contribution in [3.8, 4) is 0 Å². The Bertz CT molecular complexity index is 840. The predicted molar refractivity (Wildman–Crippen MR) is 256 cm³/mol. The second-order valence-electron chi connectivity index (χ2n) is 14.3. The molecule has 8 nitrogen and oxygen atoms in total. The van der Waals surface area contributed by atoms with E-state index in [1.807, 2.05) is 39.4 Å². The lowest BCUT2D eigenvalue weighted by Gasteiger charge is -2.25. The summed E-state index contributed by atoms with van der Waals surface area (Å²) >= 11 is 0. The largest absolute Gasteiger partial charge is 0.465 e. The Labute approximate surface area is 368 Å². The molecule has 0 fully saturated rings. The maximum absolute atomic E-state index is 12.6. The number of carbonyl (C=O) groups excluding carboxylic acids is 3. The SMILES string of the molecule is CCCCCCCCSSCCOC(=O)CCN(C)CCN(CCC(=O)OCCSSCCCCCCCC)CCC(=O)OCCSSCCCCCCCC. The number of hydrogen-bond donors (Lipinski definition) is 0. The van der Waals surface area contributed by atoms with Crippen molar-refractivity contribution in [3.63, 3.8) is 0 Å². The van der Waals surface area contributed by atoms with Gasteiger partial charge in [0.1, 0.15) is 19.8 Å². The summed E-state index contributed by atoms with van der Waals surface area (Å²) in [6.45, 7) is 11.0. The van der Waals surface area contributed by atoms with Crippen molar-refractivity contribution in [2.45, 2.75) is 156 Å². The molecule has 0 aromatic heterocycles. The van der Waals surface area contributed by atoms with Gasteiger partial charge in [-0.25, -0.2) is 0 Å². The van der Waals surface area contributed by atoms with Crippen LogP contribution < -0.4 is 0 Å². The average Bonchev–Trinajstić information content (AvgIpc) is 3.19. The van der Waals surface area contributed by atoms with E-state index in [4.69, 9.17) is 14.2 Å². The molecule has 0 amide bonds.